The van der Waals surface area contributed by atoms with Gasteiger partial charge in [0, 0.05) is 12.6 Å². The third-order valence-electron chi connectivity index (χ3n) is 3.61. The number of amides is 1. The van der Waals surface area contributed by atoms with Crippen LogP contribution in [0.15, 0.2) is 0 Å². The lowest BCUT2D eigenvalue weighted by Gasteiger charge is -2.28. The van der Waals surface area contributed by atoms with Crippen molar-refractivity contribution in [2.75, 3.05) is 6.54 Å². The number of hydrogen-bond donors (Lipinski definition) is 2. The van der Waals surface area contributed by atoms with Crippen LogP contribution in [0, 0.1) is 11.3 Å². The van der Waals surface area contributed by atoms with E-state index in [9.17, 15) is 4.79 Å². The van der Waals surface area contributed by atoms with E-state index in [0.29, 0.717) is 12.5 Å². The normalized spacial score (nSPS) is 18.6. The van der Waals surface area contributed by atoms with Crippen LogP contribution in [0.25, 0.3) is 0 Å². The van der Waals surface area contributed by atoms with Gasteiger partial charge in [-0.15, -0.1) is 0 Å². The summed E-state index contributed by atoms with van der Waals surface area (Å²) in [5, 5.41) is 3.07. The summed E-state index contributed by atoms with van der Waals surface area (Å²) in [5.41, 5.74) is 5.25. The summed E-state index contributed by atoms with van der Waals surface area (Å²) in [5.74, 6) is 0.745. The predicted molar refractivity (Wildman–Crippen MR) is 69.1 cm³/mol. The molecule has 0 spiro atoms. The van der Waals surface area contributed by atoms with Crippen molar-refractivity contribution in [2.45, 2.75) is 59.9 Å². The van der Waals surface area contributed by atoms with Gasteiger partial charge in [0.05, 0.1) is 5.41 Å². The average Bonchev–Trinajstić information content (AvgIpc) is 2.27. The molecule has 1 amide bonds. The number of carbonyl (C=O) groups is 1. The molecule has 96 valence electrons. The molecule has 3 heteroatoms. The molecule has 0 aliphatic heterocycles. The van der Waals surface area contributed by atoms with Crippen molar-refractivity contribution in [3.05, 3.63) is 0 Å². The number of nitrogens with two attached hydrogens (primary N) is 1. The molecule has 0 bridgehead atoms. The Morgan fingerprint density at radius 2 is 1.94 bits per heavy atom. The Morgan fingerprint density at radius 1 is 1.38 bits per heavy atom. The predicted octanol–water partition coefficient (Wildman–Crippen LogP) is 2.30. The van der Waals surface area contributed by atoms with Gasteiger partial charge in [0.15, 0.2) is 0 Å². The van der Waals surface area contributed by atoms with Crippen molar-refractivity contribution in [2.24, 2.45) is 17.1 Å². The Labute approximate surface area is 100 Å². The van der Waals surface area contributed by atoms with Gasteiger partial charge >= 0.3 is 0 Å². The highest BCUT2D eigenvalue weighted by Gasteiger charge is 2.30. The molecule has 3 unspecified atom stereocenters. The summed E-state index contributed by atoms with van der Waals surface area (Å²) in [4.78, 5) is 12.0. The van der Waals surface area contributed by atoms with Gasteiger partial charge in [0.25, 0.3) is 0 Å². The van der Waals surface area contributed by atoms with Crippen LogP contribution in [-0.2, 0) is 4.79 Å². The standard InChI is InChI=1S/C13H28N2O/c1-6-10(3)8-11(4)15-12(16)13(5,7-2)9-14/h10-11H,6-9,14H2,1-5H3,(H,15,16). The molecule has 0 aromatic heterocycles. The lowest BCUT2D eigenvalue weighted by atomic mass is 9.86. The molecule has 0 fully saturated rings. The van der Waals surface area contributed by atoms with E-state index in [-0.39, 0.29) is 11.9 Å². The molecule has 3 atom stereocenters. The maximum absolute atomic E-state index is 12.0. The molecule has 16 heavy (non-hydrogen) atoms. The summed E-state index contributed by atoms with van der Waals surface area (Å²) < 4.78 is 0. The molecule has 3 N–H and O–H groups in total. The topological polar surface area (TPSA) is 55.1 Å². The Hall–Kier alpha value is -0.570. The van der Waals surface area contributed by atoms with Crippen LogP contribution in [0.4, 0.5) is 0 Å². The van der Waals surface area contributed by atoms with Gasteiger partial charge in [-0.1, -0.05) is 27.2 Å². The Kier molecular flexibility index (Phi) is 6.65. The zero-order valence-electron chi connectivity index (χ0n) is 11.5. The zero-order chi connectivity index (χ0) is 12.8. The molecule has 0 radical (unpaired) electrons. The van der Waals surface area contributed by atoms with Crippen LogP contribution in [0.2, 0.25) is 0 Å². The highest BCUT2D eigenvalue weighted by Crippen LogP contribution is 2.20. The number of rotatable bonds is 7. The minimum Gasteiger partial charge on any atom is -0.353 e. The summed E-state index contributed by atoms with van der Waals surface area (Å²) in [7, 11) is 0. The molecule has 0 aliphatic carbocycles. The van der Waals surface area contributed by atoms with Crippen LogP contribution < -0.4 is 11.1 Å². The lowest BCUT2D eigenvalue weighted by molar-refractivity contribution is -0.130. The van der Waals surface area contributed by atoms with Crippen molar-refractivity contribution in [1.82, 2.24) is 5.32 Å². The minimum atomic E-state index is -0.413. The third-order valence-corrected chi connectivity index (χ3v) is 3.61. The molecule has 0 saturated carbocycles. The van der Waals surface area contributed by atoms with Gasteiger partial charge in [-0.3, -0.25) is 4.79 Å². The summed E-state index contributed by atoms with van der Waals surface area (Å²) in [6.07, 6.45) is 2.97. The van der Waals surface area contributed by atoms with Crippen molar-refractivity contribution in [3.8, 4) is 0 Å². The SMILES string of the molecule is CCC(C)CC(C)NC(=O)C(C)(CC)CN. The van der Waals surface area contributed by atoms with Crippen LogP contribution in [0.5, 0.6) is 0 Å². The molecule has 0 rings (SSSR count). The van der Waals surface area contributed by atoms with Crippen LogP contribution in [0.1, 0.15) is 53.9 Å². The third kappa shape index (κ3) is 4.52. The Bertz CT molecular complexity index is 212. The number of hydrogen-bond acceptors (Lipinski definition) is 2. The molecule has 0 aliphatic rings. The van der Waals surface area contributed by atoms with Crippen LogP contribution in [0.3, 0.4) is 0 Å². The van der Waals surface area contributed by atoms with E-state index < -0.39 is 5.41 Å². The lowest BCUT2D eigenvalue weighted by Crippen LogP contribution is -2.47. The minimum absolute atomic E-state index is 0.0910. The first kappa shape index (κ1) is 15.4. The van der Waals surface area contributed by atoms with Crippen molar-refractivity contribution in [1.29, 1.82) is 0 Å². The van der Waals surface area contributed by atoms with Gasteiger partial charge in [-0.25, -0.2) is 0 Å². The first-order valence-electron chi connectivity index (χ1n) is 6.40. The molecule has 0 aromatic rings. The molecule has 0 saturated heterocycles. The fraction of sp³-hybridized carbons (Fsp3) is 0.923. The second-order valence-corrected chi connectivity index (χ2v) is 5.24. The fourth-order valence-electron chi connectivity index (χ4n) is 1.62. The smallest absolute Gasteiger partial charge is 0.227 e. The van der Waals surface area contributed by atoms with Crippen LogP contribution >= 0.6 is 0 Å². The van der Waals surface area contributed by atoms with Crippen molar-refractivity contribution < 1.29 is 4.79 Å². The van der Waals surface area contributed by atoms with E-state index in [1.165, 1.54) is 0 Å². The highest BCUT2D eigenvalue weighted by molar-refractivity contribution is 5.82. The van der Waals surface area contributed by atoms with Gasteiger partial charge in [-0.2, -0.15) is 0 Å². The largest absolute Gasteiger partial charge is 0.353 e. The van der Waals surface area contributed by atoms with Gasteiger partial charge < -0.3 is 11.1 Å². The number of carbonyl (C=O) groups excluding carboxylic acids is 1. The summed E-state index contributed by atoms with van der Waals surface area (Å²) >= 11 is 0. The second kappa shape index (κ2) is 6.89. The molecule has 0 aromatic carbocycles. The van der Waals surface area contributed by atoms with E-state index in [4.69, 9.17) is 5.73 Å². The zero-order valence-corrected chi connectivity index (χ0v) is 11.5. The van der Waals surface area contributed by atoms with Gasteiger partial charge in [-0.05, 0) is 32.6 Å². The summed E-state index contributed by atoms with van der Waals surface area (Å²) in [6.45, 7) is 10.8. The van der Waals surface area contributed by atoms with Crippen molar-refractivity contribution >= 4 is 5.91 Å². The van der Waals surface area contributed by atoms with E-state index in [1.807, 2.05) is 13.8 Å². The maximum Gasteiger partial charge on any atom is 0.227 e. The molecular formula is C13H28N2O. The molecule has 3 nitrogen and oxygen atoms in total. The fourth-order valence-corrected chi connectivity index (χ4v) is 1.62. The number of nitrogens with one attached hydrogen (secondary N) is 1. The first-order chi connectivity index (χ1) is 7.39. The van der Waals surface area contributed by atoms with E-state index in [2.05, 4.69) is 26.1 Å². The molecule has 0 heterocycles. The summed E-state index contributed by atoms with van der Waals surface area (Å²) in [6, 6.07) is 0.236. The highest BCUT2D eigenvalue weighted by atomic mass is 16.2. The monoisotopic (exact) mass is 228 g/mol. The van der Waals surface area contributed by atoms with E-state index in [1.54, 1.807) is 0 Å². The quantitative estimate of drug-likeness (QED) is 0.702. The first-order valence-corrected chi connectivity index (χ1v) is 6.40. The Morgan fingerprint density at radius 3 is 2.31 bits per heavy atom. The average molecular weight is 228 g/mol. The van der Waals surface area contributed by atoms with Gasteiger partial charge in [0.1, 0.15) is 0 Å². The maximum atomic E-state index is 12.0. The van der Waals surface area contributed by atoms with Crippen molar-refractivity contribution in [3.63, 3.8) is 0 Å². The molecular weight excluding hydrogens is 200 g/mol. The Balaban J connectivity index is 4.23. The van der Waals surface area contributed by atoms with E-state index >= 15 is 0 Å². The van der Waals surface area contributed by atoms with Crippen LogP contribution in [-0.4, -0.2) is 18.5 Å². The van der Waals surface area contributed by atoms with E-state index in [0.717, 1.165) is 19.3 Å². The van der Waals surface area contributed by atoms with Gasteiger partial charge in [0.2, 0.25) is 5.91 Å². The second-order valence-electron chi connectivity index (χ2n) is 5.24.